The van der Waals surface area contributed by atoms with Crippen molar-refractivity contribution in [3.05, 3.63) is 11.1 Å². The first-order chi connectivity index (χ1) is 9.60. The monoisotopic (exact) mass is 295 g/mol. The first kappa shape index (κ1) is 13.4. The Morgan fingerprint density at radius 3 is 2.75 bits per heavy atom. The van der Waals surface area contributed by atoms with Gasteiger partial charge < -0.3 is 15.3 Å². The van der Waals surface area contributed by atoms with E-state index in [1.807, 2.05) is 0 Å². The molecule has 3 rings (SSSR count). The molecule has 6 nitrogen and oxygen atoms in total. The molecular weight excluding hydrogens is 278 g/mol. The van der Waals surface area contributed by atoms with Crippen LogP contribution in [0, 0.1) is 17.8 Å². The number of hydrogen-bond donors (Lipinski definition) is 2. The molecule has 1 saturated carbocycles. The topological polar surface area (TPSA) is 82.5 Å². The molecule has 0 bridgehead atoms. The minimum absolute atomic E-state index is 0.110. The van der Waals surface area contributed by atoms with Gasteiger partial charge in [-0.1, -0.05) is 0 Å². The lowest BCUT2D eigenvalue weighted by atomic mass is 9.92. The number of carbonyl (C=O) groups excluding carboxylic acids is 1. The van der Waals surface area contributed by atoms with Crippen molar-refractivity contribution in [2.45, 2.75) is 12.8 Å². The van der Waals surface area contributed by atoms with Gasteiger partial charge in [-0.2, -0.15) is 0 Å². The summed E-state index contributed by atoms with van der Waals surface area (Å²) in [6, 6.07) is 0. The highest BCUT2D eigenvalue weighted by Gasteiger charge is 2.47. The number of carbonyl (C=O) groups is 2. The molecule has 2 heterocycles. The minimum Gasteiger partial charge on any atom is -0.481 e. The predicted octanol–water partition coefficient (Wildman–Crippen LogP) is 1.37. The Bertz CT molecular complexity index is 541. The van der Waals surface area contributed by atoms with Crippen LogP contribution in [0.3, 0.4) is 0 Å². The van der Waals surface area contributed by atoms with Crippen LogP contribution in [0.1, 0.15) is 23.3 Å². The van der Waals surface area contributed by atoms with Gasteiger partial charge in [-0.05, 0) is 24.7 Å². The number of amides is 1. The lowest BCUT2D eigenvalue weighted by Gasteiger charge is -2.14. The van der Waals surface area contributed by atoms with Crippen LogP contribution in [-0.2, 0) is 4.79 Å². The van der Waals surface area contributed by atoms with Crippen molar-refractivity contribution in [3.63, 3.8) is 0 Å². The number of rotatable bonds is 4. The van der Waals surface area contributed by atoms with Gasteiger partial charge in [-0.3, -0.25) is 9.59 Å². The molecule has 1 aromatic rings. The normalized spacial score (nSPS) is 25.8. The molecular formula is C13H17N3O3S. The third-order valence-electron chi connectivity index (χ3n) is 4.13. The summed E-state index contributed by atoms with van der Waals surface area (Å²) in [5, 5.41) is 14.6. The molecule has 1 aliphatic heterocycles. The molecule has 2 aliphatic rings. The second kappa shape index (κ2) is 5.05. The molecule has 0 unspecified atom stereocenters. The molecule has 1 saturated heterocycles. The number of thiazole rings is 1. The molecule has 108 valence electrons. The fourth-order valence-corrected chi connectivity index (χ4v) is 3.55. The number of nitrogens with zero attached hydrogens (tertiary/aromatic N) is 2. The zero-order valence-corrected chi connectivity index (χ0v) is 12.0. The molecule has 7 heteroatoms. The van der Waals surface area contributed by atoms with E-state index in [-0.39, 0.29) is 11.8 Å². The Labute approximate surface area is 120 Å². The second-order valence-corrected chi connectivity index (χ2v) is 6.30. The van der Waals surface area contributed by atoms with Crippen molar-refractivity contribution < 1.29 is 14.7 Å². The van der Waals surface area contributed by atoms with Gasteiger partial charge >= 0.3 is 5.97 Å². The van der Waals surface area contributed by atoms with Crippen molar-refractivity contribution in [1.29, 1.82) is 0 Å². The Balaban J connectivity index is 1.74. The van der Waals surface area contributed by atoms with Crippen LogP contribution in [0.25, 0.3) is 0 Å². The maximum Gasteiger partial charge on any atom is 0.308 e. The SMILES string of the molecule is CNc1nc(C(=O)N2C[C@H](C(=O)O)[C@@H](C3CC3)C2)cs1. The molecule has 2 fully saturated rings. The Hall–Kier alpha value is -1.63. The van der Waals surface area contributed by atoms with Crippen LogP contribution < -0.4 is 5.32 Å². The third kappa shape index (κ3) is 2.37. The smallest absolute Gasteiger partial charge is 0.308 e. The average Bonchev–Trinajstić information content (AvgIpc) is 3.02. The number of aromatic nitrogens is 1. The van der Waals surface area contributed by atoms with E-state index in [2.05, 4.69) is 10.3 Å². The highest BCUT2D eigenvalue weighted by molar-refractivity contribution is 7.13. The van der Waals surface area contributed by atoms with E-state index in [4.69, 9.17) is 0 Å². The van der Waals surface area contributed by atoms with Crippen LogP contribution in [0.15, 0.2) is 5.38 Å². The van der Waals surface area contributed by atoms with Crippen LogP contribution in [0.2, 0.25) is 0 Å². The Kier molecular flexibility index (Phi) is 3.37. The Morgan fingerprint density at radius 1 is 1.45 bits per heavy atom. The average molecular weight is 295 g/mol. The van der Waals surface area contributed by atoms with E-state index < -0.39 is 11.9 Å². The maximum absolute atomic E-state index is 12.4. The van der Waals surface area contributed by atoms with Crippen molar-refractivity contribution >= 4 is 28.3 Å². The van der Waals surface area contributed by atoms with E-state index in [9.17, 15) is 14.7 Å². The first-order valence-electron chi connectivity index (χ1n) is 6.75. The molecule has 1 amide bonds. The van der Waals surface area contributed by atoms with E-state index >= 15 is 0 Å². The molecule has 0 aromatic carbocycles. The number of nitrogens with one attached hydrogen (secondary N) is 1. The summed E-state index contributed by atoms with van der Waals surface area (Å²) in [5.41, 5.74) is 0.403. The van der Waals surface area contributed by atoms with Crippen molar-refractivity contribution in [1.82, 2.24) is 9.88 Å². The molecule has 1 aromatic heterocycles. The first-order valence-corrected chi connectivity index (χ1v) is 7.63. The van der Waals surface area contributed by atoms with Crippen molar-refractivity contribution in [2.24, 2.45) is 17.8 Å². The quantitative estimate of drug-likeness (QED) is 0.876. The summed E-state index contributed by atoms with van der Waals surface area (Å²) in [4.78, 5) is 29.6. The predicted molar refractivity (Wildman–Crippen MR) is 74.9 cm³/mol. The second-order valence-electron chi connectivity index (χ2n) is 5.44. The number of carboxylic acids is 1. The molecule has 1 aliphatic carbocycles. The summed E-state index contributed by atoms with van der Waals surface area (Å²) >= 11 is 1.38. The van der Waals surface area contributed by atoms with Gasteiger partial charge in [-0.25, -0.2) is 4.98 Å². The minimum atomic E-state index is -0.786. The number of carboxylic acid groups (broad SMARTS) is 1. The van der Waals surface area contributed by atoms with Gasteiger partial charge in [-0.15, -0.1) is 11.3 Å². The van der Waals surface area contributed by atoms with Crippen LogP contribution in [0.4, 0.5) is 5.13 Å². The molecule has 2 atom stereocenters. The standard InChI is InChI=1S/C13H17N3O3S/c1-14-13-15-10(6-20-13)11(17)16-4-8(7-2-3-7)9(5-16)12(18)19/h6-9H,2-5H2,1H3,(H,14,15)(H,18,19)/t8-,9+/m1/s1. The highest BCUT2D eigenvalue weighted by Crippen LogP contribution is 2.44. The Morgan fingerprint density at radius 2 is 2.20 bits per heavy atom. The maximum atomic E-state index is 12.4. The summed E-state index contributed by atoms with van der Waals surface area (Å²) in [7, 11) is 1.76. The van der Waals surface area contributed by atoms with Crippen molar-refractivity contribution in [2.75, 3.05) is 25.5 Å². The van der Waals surface area contributed by atoms with Gasteiger partial charge in [0.1, 0.15) is 5.69 Å². The van der Waals surface area contributed by atoms with Gasteiger partial charge in [0.15, 0.2) is 5.13 Å². The van der Waals surface area contributed by atoms with Gasteiger partial charge in [0.25, 0.3) is 5.91 Å². The molecule has 0 spiro atoms. The summed E-state index contributed by atoms with van der Waals surface area (Å²) < 4.78 is 0. The van der Waals surface area contributed by atoms with Crippen molar-refractivity contribution in [3.8, 4) is 0 Å². The molecule has 2 N–H and O–H groups in total. The number of anilines is 1. The van der Waals surface area contributed by atoms with E-state index in [0.717, 1.165) is 12.8 Å². The fourth-order valence-electron chi connectivity index (χ4n) is 2.91. The summed E-state index contributed by atoms with van der Waals surface area (Å²) in [6.07, 6.45) is 2.19. The van der Waals surface area contributed by atoms with Crippen LogP contribution in [-0.4, -0.2) is 47.0 Å². The van der Waals surface area contributed by atoms with E-state index in [1.165, 1.54) is 11.3 Å². The lowest BCUT2D eigenvalue weighted by molar-refractivity contribution is -0.142. The number of aliphatic carboxylic acids is 1. The summed E-state index contributed by atoms with van der Waals surface area (Å²) in [6.45, 7) is 0.856. The molecule has 20 heavy (non-hydrogen) atoms. The van der Waals surface area contributed by atoms with Crippen LogP contribution >= 0.6 is 11.3 Å². The van der Waals surface area contributed by atoms with Gasteiger partial charge in [0.05, 0.1) is 5.92 Å². The zero-order valence-electron chi connectivity index (χ0n) is 11.2. The number of likely N-dealkylation sites (tertiary alicyclic amines) is 1. The van der Waals surface area contributed by atoms with E-state index in [0.29, 0.717) is 29.8 Å². The fraction of sp³-hybridized carbons (Fsp3) is 0.615. The number of hydrogen-bond acceptors (Lipinski definition) is 5. The highest BCUT2D eigenvalue weighted by atomic mass is 32.1. The van der Waals surface area contributed by atoms with Gasteiger partial charge in [0, 0.05) is 25.5 Å². The largest absolute Gasteiger partial charge is 0.481 e. The van der Waals surface area contributed by atoms with Gasteiger partial charge in [0.2, 0.25) is 0 Å². The van der Waals surface area contributed by atoms with E-state index in [1.54, 1.807) is 17.3 Å². The van der Waals surface area contributed by atoms with Crippen LogP contribution in [0.5, 0.6) is 0 Å². The summed E-state index contributed by atoms with van der Waals surface area (Å²) in [5.74, 6) is -0.770. The zero-order chi connectivity index (χ0) is 14.3. The molecule has 0 radical (unpaired) electrons. The lowest BCUT2D eigenvalue weighted by Crippen LogP contribution is -2.30. The third-order valence-corrected chi connectivity index (χ3v) is 4.99.